The quantitative estimate of drug-likeness (QED) is 0.775. The predicted octanol–water partition coefficient (Wildman–Crippen LogP) is 2.08. The minimum atomic E-state index is -1.01. The molecule has 0 N–H and O–H groups in total. The summed E-state index contributed by atoms with van der Waals surface area (Å²) in [7, 11) is 0. The van der Waals surface area contributed by atoms with Gasteiger partial charge in [-0.05, 0) is 26.3 Å². The summed E-state index contributed by atoms with van der Waals surface area (Å²) in [6, 6.07) is 9.30. The number of benzene rings is 1. The number of hydrogen-bond donors (Lipinski definition) is 0. The van der Waals surface area contributed by atoms with E-state index in [1.54, 1.807) is 6.92 Å². The van der Waals surface area contributed by atoms with E-state index in [1.165, 1.54) is 4.90 Å². The Balaban J connectivity index is 2.14. The average molecular weight is 273 g/mol. The van der Waals surface area contributed by atoms with Gasteiger partial charge in [0, 0.05) is 12.0 Å². The number of imide groups is 1. The van der Waals surface area contributed by atoms with E-state index < -0.39 is 11.2 Å². The van der Waals surface area contributed by atoms with Crippen LogP contribution in [0.2, 0.25) is 0 Å². The standard InChI is InChI=1S/C16H19NO3/c1-10(2)17-13(18)15(4)11(3)16(20-15,14(17)19)12-8-6-5-7-9-12/h5-11H,1-4H3. The maximum Gasteiger partial charge on any atom is 0.266 e. The fourth-order valence-corrected chi connectivity index (χ4v) is 3.40. The number of fused-ring (bicyclic) bond motifs is 2. The zero-order valence-electron chi connectivity index (χ0n) is 12.2. The van der Waals surface area contributed by atoms with Crippen molar-refractivity contribution in [2.75, 3.05) is 0 Å². The van der Waals surface area contributed by atoms with Gasteiger partial charge in [-0.15, -0.1) is 0 Å². The highest BCUT2D eigenvalue weighted by Gasteiger charge is 2.75. The first-order valence-electron chi connectivity index (χ1n) is 6.99. The Hall–Kier alpha value is -1.68. The molecule has 4 heteroatoms. The first-order valence-corrected chi connectivity index (χ1v) is 6.99. The van der Waals surface area contributed by atoms with E-state index in [-0.39, 0.29) is 23.8 Å². The molecule has 0 aromatic heterocycles. The molecular formula is C16H19NO3. The third-order valence-corrected chi connectivity index (χ3v) is 4.71. The van der Waals surface area contributed by atoms with Crippen LogP contribution < -0.4 is 0 Å². The Morgan fingerprint density at radius 3 is 2.25 bits per heavy atom. The largest absolute Gasteiger partial charge is 0.343 e. The van der Waals surface area contributed by atoms with Crippen molar-refractivity contribution in [3.63, 3.8) is 0 Å². The van der Waals surface area contributed by atoms with Crippen molar-refractivity contribution < 1.29 is 14.3 Å². The van der Waals surface area contributed by atoms with Crippen molar-refractivity contribution in [3.8, 4) is 0 Å². The minimum Gasteiger partial charge on any atom is -0.343 e. The summed E-state index contributed by atoms with van der Waals surface area (Å²) in [6.45, 7) is 7.41. The summed E-state index contributed by atoms with van der Waals surface area (Å²) >= 11 is 0. The van der Waals surface area contributed by atoms with Gasteiger partial charge in [0.2, 0.25) is 0 Å². The summed E-state index contributed by atoms with van der Waals surface area (Å²) in [5.41, 5.74) is -1.07. The number of piperidine rings is 1. The van der Waals surface area contributed by atoms with Gasteiger partial charge in [-0.1, -0.05) is 37.3 Å². The van der Waals surface area contributed by atoms with Crippen LogP contribution in [0.25, 0.3) is 0 Å². The molecule has 0 radical (unpaired) electrons. The van der Waals surface area contributed by atoms with Crippen LogP contribution in [0.15, 0.2) is 30.3 Å². The van der Waals surface area contributed by atoms with Crippen molar-refractivity contribution in [1.82, 2.24) is 4.90 Å². The molecule has 3 aliphatic rings. The van der Waals surface area contributed by atoms with E-state index in [4.69, 9.17) is 4.74 Å². The maximum absolute atomic E-state index is 12.9. The number of rotatable bonds is 2. The molecule has 0 spiro atoms. The Kier molecular flexibility index (Phi) is 2.61. The summed E-state index contributed by atoms with van der Waals surface area (Å²) in [6.07, 6.45) is 0. The number of carbonyl (C=O) groups is 2. The van der Waals surface area contributed by atoms with Crippen molar-refractivity contribution >= 4 is 11.8 Å². The molecule has 2 amide bonds. The Labute approximate surface area is 118 Å². The summed E-state index contributed by atoms with van der Waals surface area (Å²) in [5.74, 6) is -0.616. The number of nitrogens with zero attached hydrogens (tertiary/aromatic N) is 1. The third kappa shape index (κ3) is 1.30. The lowest BCUT2D eigenvalue weighted by molar-refractivity contribution is -0.316. The lowest BCUT2D eigenvalue weighted by atomic mass is 9.62. The van der Waals surface area contributed by atoms with E-state index in [9.17, 15) is 9.59 Å². The molecule has 1 aromatic carbocycles. The number of carbonyl (C=O) groups excluding carboxylic acids is 2. The SMILES string of the molecule is CC(C)N1C(=O)C2(C)OC(c3ccccc3)(C1=O)C2C. The highest BCUT2D eigenvalue weighted by atomic mass is 16.6. The second-order valence-electron chi connectivity index (χ2n) is 6.11. The minimum absolute atomic E-state index is 0.159. The smallest absolute Gasteiger partial charge is 0.266 e. The monoisotopic (exact) mass is 273 g/mol. The number of ether oxygens (including phenoxy) is 1. The predicted molar refractivity (Wildman–Crippen MR) is 73.8 cm³/mol. The van der Waals surface area contributed by atoms with Crippen molar-refractivity contribution in [2.24, 2.45) is 5.92 Å². The number of morpholine rings is 1. The highest BCUT2D eigenvalue weighted by molar-refractivity contribution is 6.09. The van der Waals surface area contributed by atoms with Crippen LogP contribution in [-0.4, -0.2) is 28.4 Å². The zero-order chi connectivity index (χ0) is 14.7. The van der Waals surface area contributed by atoms with Gasteiger partial charge in [0.05, 0.1) is 0 Å². The van der Waals surface area contributed by atoms with Crippen LogP contribution in [0.4, 0.5) is 0 Å². The molecule has 0 aliphatic carbocycles. The molecule has 3 atom stereocenters. The van der Waals surface area contributed by atoms with Crippen LogP contribution in [0, 0.1) is 5.92 Å². The molecule has 3 unspecified atom stereocenters. The Morgan fingerprint density at radius 2 is 1.75 bits per heavy atom. The van der Waals surface area contributed by atoms with Crippen LogP contribution >= 0.6 is 0 Å². The van der Waals surface area contributed by atoms with Gasteiger partial charge in [-0.3, -0.25) is 14.5 Å². The van der Waals surface area contributed by atoms with E-state index >= 15 is 0 Å². The molecule has 3 aliphatic heterocycles. The van der Waals surface area contributed by atoms with Gasteiger partial charge in [-0.25, -0.2) is 0 Å². The number of amides is 2. The van der Waals surface area contributed by atoms with E-state index in [0.29, 0.717) is 0 Å². The first-order chi connectivity index (χ1) is 9.35. The lowest BCUT2D eigenvalue weighted by Crippen LogP contribution is -2.81. The molecular weight excluding hydrogens is 254 g/mol. The van der Waals surface area contributed by atoms with Gasteiger partial charge >= 0.3 is 0 Å². The topological polar surface area (TPSA) is 46.6 Å². The molecule has 2 bridgehead atoms. The molecule has 4 rings (SSSR count). The van der Waals surface area contributed by atoms with E-state index in [1.807, 2.05) is 51.1 Å². The molecule has 0 saturated carbocycles. The number of hydrogen-bond acceptors (Lipinski definition) is 3. The Morgan fingerprint density at radius 1 is 1.15 bits per heavy atom. The third-order valence-electron chi connectivity index (χ3n) is 4.71. The zero-order valence-corrected chi connectivity index (χ0v) is 12.2. The fourth-order valence-electron chi connectivity index (χ4n) is 3.40. The van der Waals surface area contributed by atoms with Crippen molar-refractivity contribution in [1.29, 1.82) is 0 Å². The van der Waals surface area contributed by atoms with E-state index in [2.05, 4.69) is 0 Å². The lowest BCUT2D eigenvalue weighted by Gasteiger charge is -2.64. The molecule has 20 heavy (non-hydrogen) atoms. The summed E-state index contributed by atoms with van der Waals surface area (Å²) in [5, 5.41) is 0. The van der Waals surface area contributed by atoms with Crippen LogP contribution in [-0.2, 0) is 19.9 Å². The van der Waals surface area contributed by atoms with Gasteiger partial charge < -0.3 is 4.74 Å². The van der Waals surface area contributed by atoms with Crippen LogP contribution in [0.1, 0.15) is 33.3 Å². The Bertz CT molecular complexity index is 583. The summed E-state index contributed by atoms with van der Waals surface area (Å²) in [4.78, 5) is 26.7. The van der Waals surface area contributed by atoms with Gasteiger partial charge in [0.25, 0.3) is 11.8 Å². The molecule has 3 saturated heterocycles. The molecule has 106 valence electrons. The molecule has 3 heterocycles. The molecule has 3 fully saturated rings. The second-order valence-corrected chi connectivity index (χ2v) is 6.11. The van der Waals surface area contributed by atoms with Gasteiger partial charge in [-0.2, -0.15) is 0 Å². The van der Waals surface area contributed by atoms with Crippen LogP contribution in [0.5, 0.6) is 0 Å². The maximum atomic E-state index is 12.9. The normalized spacial score (nSPS) is 36.2. The van der Waals surface area contributed by atoms with Crippen molar-refractivity contribution in [2.45, 2.75) is 44.9 Å². The fraction of sp³-hybridized carbons (Fsp3) is 0.500. The highest BCUT2D eigenvalue weighted by Crippen LogP contribution is 2.58. The van der Waals surface area contributed by atoms with Crippen LogP contribution in [0.3, 0.4) is 0 Å². The first kappa shape index (κ1) is 13.3. The molecule has 1 aromatic rings. The second kappa shape index (κ2) is 3.92. The summed E-state index contributed by atoms with van der Waals surface area (Å²) < 4.78 is 5.91. The van der Waals surface area contributed by atoms with Gasteiger partial charge in [0.15, 0.2) is 11.2 Å². The average Bonchev–Trinajstić information content (AvgIpc) is 2.43. The van der Waals surface area contributed by atoms with E-state index in [0.717, 1.165) is 5.56 Å². The van der Waals surface area contributed by atoms with Crippen molar-refractivity contribution in [3.05, 3.63) is 35.9 Å². The molecule has 4 nitrogen and oxygen atoms in total. The van der Waals surface area contributed by atoms with Gasteiger partial charge in [0.1, 0.15) is 0 Å².